The molecule has 0 N–H and O–H groups in total. The van der Waals surface area contributed by atoms with Gasteiger partial charge in [0.25, 0.3) is 0 Å². The molecular weight excluding hydrogens is 365 g/mol. The summed E-state index contributed by atoms with van der Waals surface area (Å²) in [5.74, 6) is 1.77. The van der Waals surface area contributed by atoms with E-state index in [0.29, 0.717) is 6.42 Å². The normalized spacial score (nSPS) is 16.2. The summed E-state index contributed by atoms with van der Waals surface area (Å²) in [5.41, 5.74) is 3.59. The minimum absolute atomic E-state index is 0.366. The highest BCUT2D eigenvalue weighted by Gasteiger charge is 2.18. The van der Waals surface area contributed by atoms with Crippen molar-refractivity contribution in [3.8, 4) is 11.4 Å². The van der Waals surface area contributed by atoms with Gasteiger partial charge in [-0.1, -0.05) is 19.9 Å². The molecular formula is C23H26FN5. The molecule has 6 heteroatoms. The second-order valence-electron chi connectivity index (χ2n) is 7.27. The Kier molecular flexibility index (Phi) is 5.69. The summed E-state index contributed by atoms with van der Waals surface area (Å²) in [4.78, 5) is 16.1. The number of rotatable bonds is 7. The molecule has 0 aromatic carbocycles. The summed E-state index contributed by atoms with van der Waals surface area (Å²) in [6.07, 6.45) is 12.3. The molecule has 0 fully saturated rings. The predicted molar refractivity (Wildman–Crippen MR) is 116 cm³/mol. The Morgan fingerprint density at radius 2 is 1.97 bits per heavy atom. The summed E-state index contributed by atoms with van der Waals surface area (Å²) < 4.78 is 15.6. The molecule has 3 aromatic heterocycles. The molecule has 0 spiro atoms. The van der Waals surface area contributed by atoms with Crippen molar-refractivity contribution in [3.05, 3.63) is 55.0 Å². The van der Waals surface area contributed by atoms with Crippen molar-refractivity contribution < 1.29 is 4.39 Å². The van der Waals surface area contributed by atoms with Crippen LogP contribution in [-0.2, 0) is 0 Å². The summed E-state index contributed by atoms with van der Waals surface area (Å²) in [6, 6.07) is 6.02. The fourth-order valence-corrected chi connectivity index (χ4v) is 3.71. The smallest absolute Gasteiger partial charge is 0.147 e. The number of hydrogen-bond donors (Lipinski definition) is 0. The zero-order chi connectivity index (χ0) is 20.2. The summed E-state index contributed by atoms with van der Waals surface area (Å²) in [6.45, 7) is 6.35. The number of allylic oxidation sites excluding steroid dienone is 4. The van der Waals surface area contributed by atoms with Crippen molar-refractivity contribution in [1.29, 1.82) is 0 Å². The molecule has 0 bridgehead atoms. The van der Waals surface area contributed by atoms with Crippen LogP contribution in [0, 0.1) is 0 Å². The first kappa shape index (κ1) is 19.3. The topological polar surface area (TPSA) is 46.8 Å². The highest BCUT2D eigenvalue weighted by Crippen LogP contribution is 2.30. The number of halogens is 1. The van der Waals surface area contributed by atoms with Crippen molar-refractivity contribution in [1.82, 2.24) is 19.5 Å². The van der Waals surface area contributed by atoms with E-state index in [4.69, 9.17) is 9.97 Å². The molecule has 1 unspecified atom stereocenters. The quantitative estimate of drug-likeness (QED) is 0.551. The molecule has 0 aliphatic heterocycles. The van der Waals surface area contributed by atoms with Crippen molar-refractivity contribution in [3.63, 3.8) is 0 Å². The first-order valence-electron chi connectivity index (χ1n) is 10.3. The molecule has 1 aliphatic rings. The van der Waals surface area contributed by atoms with Crippen LogP contribution in [0.2, 0.25) is 0 Å². The van der Waals surface area contributed by atoms with E-state index < -0.39 is 6.17 Å². The Bertz CT molecular complexity index is 1030. The zero-order valence-electron chi connectivity index (χ0n) is 16.9. The van der Waals surface area contributed by atoms with Crippen LogP contribution in [-0.4, -0.2) is 38.8 Å². The Morgan fingerprint density at radius 1 is 1.14 bits per heavy atom. The van der Waals surface area contributed by atoms with Crippen LogP contribution in [0.3, 0.4) is 0 Å². The van der Waals surface area contributed by atoms with E-state index in [1.807, 2.05) is 29.0 Å². The van der Waals surface area contributed by atoms with Gasteiger partial charge in [0.2, 0.25) is 0 Å². The van der Waals surface area contributed by atoms with Gasteiger partial charge in [0, 0.05) is 43.2 Å². The fraction of sp³-hybridized carbons (Fsp3) is 0.348. The maximum atomic E-state index is 13.6. The summed E-state index contributed by atoms with van der Waals surface area (Å²) >= 11 is 0. The number of pyridine rings is 2. The molecule has 3 heterocycles. The number of hydrogen-bond acceptors (Lipinski definition) is 4. The van der Waals surface area contributed by atoms with Crippen molar-refractivity contribution in [2.75, 3.05) is 18.0 Å². The van der Waals surface area contributed by atoms with Gasteiger partial charge in [0.1, 0.15) is 17.8 Å². The standard InChI is InChI=1S/C23H26FN5/c1-3-13-28(14-4-2)22-10-5-17(15-26-22)23-27-20-11-12-25-16-21(20)29(23)19-8-6-18(24)7-9-19/h5-6,8-12,15-16,18H,3-4,7,13-14H2,1-2H3. The number of nitrogens with zero attached hydrogens (tertiary/aromatic N) is 5. The SMILES string of the molecule is CCCN(CCC)c1ccc(-c2nc3ccncc3n2C2=CCC(F)C=C2)cn1. The molecule has 3 aromatic rings. The molecule has 1 aliphatic carbocycles. The number of aromatic nitrogens is 4. The van der Waals surface area contributed by atoms with E-state index in [2.05, 4.69) is 35.9 Å². The molecule has 0 saturated carbocycles. The van der Waals surface area contributed by atoms with Crippen LogP contribution in [0.15, 0.2) is 55.0 Å². The predicted octanol–water partition coefficient (Wildman–Crippen LogP) is 5.26. The zero-order valence-corrected chi connectivity index (χ0v) is 16.9. The Hall–Kier alpha value is -3.02. The first-order valence-corrected chi connectivity index (χ1v) is 10.3. The fourth-order valence-electron chi connectivity index (χ4n) is 3.71. The number of anilines is 1. The van der Waals surface area contributed by atoms with Gasteiger partial charge >= 0.3 is 0 Å². The van der Waals surface area contributed by atoms with Crippen LogP contribution in [0.5, 0.6) is 0 Å². The van der Waals surface area contributed by atoms with E-state index in [-0.39, 0.29) is 0 Å². The van der Waals surface area contributed by atoms with Crippen molar-refractivity contribution >= 4 is 22.5 Å². The molecule has 29 heavy (non-hydrogen) atoms. The number of imidazole rings is 1. The number of fused-ring (bicyclic) bond motifs is 1. The van der Waals surface area contributed by atoms with E-state index in [9.17, 15) is 4.39 Å². The molecule has 150 valence electrons. The van der Waals surface area contributed by atoms with Gasteiger partial charge in [-0.15, -0.1) is 0 Å². The largest absolute Gasteiger partial charge is 0.357 e. The molecule has 0 amide bonds. The van der Waals surface area contributed by atoms with Crippen LogP contribution in [0.4, 0.5) is 10.2 Å². The number of alkyl halides is 1. The molecule has 1 atom stereocenters. The first-order chi connectivity index (χ1) is 14.2. The lowest BCUT2D eigenvalue weighted by atomic mass is 10.1. The van der Waals surface area contributed by atoms with Gasteiger partial charge < -0.3 is 4.90 Å². The van der Waals surface area contributed by atoms with Gasteiger partial charge in [0.05, 0.1) is 17.2 Å². The highest BCUT2D eigenvalue weighted by molar-refractivity contribution is 5.86. The van der Waals surface area contributed by atoms with Crippen LogP contribution >= 0.6 is 0 Å². The van der Waals surface area contributed by atoms with Gasteiger partial charge in [0.15, 0.2) is 0 Å². The minimum Gasteiger partial charge on any atom is -0.357 e. The monoisotopic (exact) mass is 391 g/mol. The Morgan fingerprint density at radius 3 is 2.62 bits per heavy atom. The lowest BCUT2D eigenvalue weighted by molar-refractivity contribution is 0.402. The summed E-state index contributed by atoms with van der Waals surface area (Å²) in [7, 11) is 0. The van der Waals surface area contributed by atoms with Gasteiger partial charge in [-0.3, -0.25) is 9.55 Å². The lowest BCUT2D eigenvalue weighted by Crippen LogP contribution is -2.25. The minimum atomic E-state index is -0.931. The van der Waals surface area contributed by atoms with E-state index >= 15 is 0 Å². The average molecular weight is 391 g/mol. The second kappa shape index (κ2) is 8.55. The van der Waals surface area contributed by atoms with Gasteiger partial charge in [-0.25, -0.2) is 14.4 Å². The third-order valence-corrected chi connectivity index (χ3v) is 5.06. The van der Waals surface area contributed by atoms with Crippen molar-refractivity contribution in [2.45, 2.75) is 39.3 Å². The van der Waals surface area contributed by atoms with Crippen molar-refractivity contribution in [2.24, 2.45) is 0 Å². The van der Waals surface area contributed by atoms with Crippen LogP contribution in [0.1, 0.15) is 33.1 Å². The van der Waals surface area contributed by atoms with Crippen LogP contribution in [0.25, 0.3) is 28.1 Å². The van der Waals surface area contributed by atoms with Gasteiger partial charge in [-0.2, -0.15) is 0 Å². The highest BCUT2D eigenvalue weighted by atomic mass is 19.1. The average Bonchev–Trinajstić information content (AvgIpc) is 3.14. The third kappa shape index (κ3) is 3.92. The van der Waals surface area contributed by atoms with E-state index in [0.717, 1.165) is 59.9 Å². The molecule has 0 saturated heterocycles. The van der Waals surface area contributed by atoms with Crippen LogP contribution < -0.4 is 4.90 Å². The maximum absolute atomic E-state index is 13.6. The van der Waals surface area contributed by atoms with E-state index in [1.54, 1.807) is 18.5 Å². The maximum Gasteiger partial charge on any atom is 0.147 e. The second-order valence-corrected chi connectivity index (χ2v) is 7.27. The lowest BCUT2D eigenvalue weighted by Gasteiger charge is -2.22. The van der Waals surface area contributed by atoms with E-state index in [1.165, 1.54) is 0 Å². The molecule has 4 rings (SSSR count). The van der Waals surface area contributed by atoms with Gasteiger partial charge in [-0.05, 0) is 43.2 Å². The Labute approximate surface area is 170 Å². The Balaban J connectivity index is 1.76. The molecule has 0 radical (unpaired) electrons. The molecule has 5 nitrogen and oxygen atoms in total. The third-order valence-electron chi connectivity index (χ3n) is 5.06. The summed E-state index contributed by atoms with van der Waals surface area (Å²) in [5, 5.41) is 0.